The molecule has 0 aromatic heterocycles. The van der Waals surface area contributed by atoms with Crippen LogP contribution in [0.1, 0.15) is 5.56 Å². The Balaban J connectivity index is 1.71. The van der Waals surface area contributed by atoms with Gasteiger partial charge in [0.15, 0.2) is 0 Å². The van der Waals surface area contributed by atoms with Gasteiger partial charge in [-0.15, -0.1) is 0 Å². The highest BCUT2D eigenvalue weighted by Gasteiger charge is 2.30. The lowest BCUT2D eigenvalue weighted by Crippen LogP contribution is -2.23. The molecule has 5 aromatic carbocycles. The van der Waals surface area contributed by atoms with Crippen molar-refractivity contribution in [3.05, 3.63) is 151 Å². The third-order valence-electron chi connectivity index (χ3n) is 6.50. The van der Waals surface area contributed by atoms with E-state index in [0.717, 1.165) is 11.7 Å². The van der Waals surface area contributed by atoms with Gasteiger partial charge in [0.2, 0.25) is 0 Å². The van der Waals surface area contributed by atoms with Crippen LogP contribution in [0.3, 0.4) is 0 Å². The predicted octanol–water partition coefficient (Wildman–Crippen LogP) is 7.14. The zero-order valence-corrected chi connectivity index (χ0v) is 22.8. The highest BCUT2D eigenvalue weighted by molar-refractivity contribution is 7.92. The highest BCUT2D eigenvalue weighted by Crippen LogP contribution is 2.57. The maximum Gasteiger partial charge on any atom is 0.118 e. The summed E-state index contributed by atoms with van der Waals surface area (Å²) in [5, 5.41) is 5.43. The normalized spacial score (nSPS) is 11.3. The van der Waals surface area contributed by atoms with Crippen LogP contribution in [0.25, 0.3) is 0 Å². The minimum Gasteiger partial charge on any atom is -0.497 e. The zero-order chi connectivity index (χ0) is 25.3. The Hall–Kier alpha value is -3.44. The summed E-state index contributed by atoms with van der Waals surface area (Å²) in [5.74, 6) is 1.85. The molecule has 0 atom stereocenters. The van der Waals surface area contributed by atoms with Crippen molar-refractivity contribution in [3.8, 4) is 5.75 Å². The number of benzene rings is 5. The maximum absolute atomic E-state index is 5.70. The average molecular weight is 520 g/mol. The molecule has 0 bridgehead atoms. The van der Waals surface area contributed by atoms with Crippen LogP contribution < -0.4 is 26.0 Å². The molecule has 0 amide bonds. The van der Waals surface area contributed by atoms with Gasteiger partial charge >= 0.3 is 0 Å². The molecule has 37 heavy (non-hydrogen) atoms. The van der Waals surface area contributed by atoms with Crippen molar-refractivity contribution < 1.29 is 4.74 Å². The number of nitrogens with zero attached hydrogens (tertiary/aromatic N) is 1. The summed E-state index contributed by atoms with van der Waals surface area (Å²) in [6.07, 6.45) is 0. The fraction of sp³-hybridized carbons (Fsp3) is 0.0909. The second-order valence-electron chi connectivity index (χ2n) is 8.83. The topological polar surface area (TPSA) is 21.6 Å². The molecule has 0 N–H and O–H groups in total. The lowest BCUT2D eigenvalue weighted by Gasteiger charge is -2.31. The number of methoxy groups -OCH3 is 1. The number of hydrogen-bond acceptors (Lipinski definition) is 2. The van der Waals surface area contributed by atoms with Crippen molar-refractivity contribution in [2.45, 2.75) is 6.54 Å². The zero-order valence-electron chi connectivity index (χ0n) is 21.0. The predicted molar refractivity (Wildman–Crippen MR) is 162 cm³/mol. The lowest BCUT2D eigenvalue weighted by molar-refractivity contribution is 0.414. The summed E-state index contributed by atoms with van der Waals surface area (Å²) in [4.78, 5) is 0. The Labute approximate surface area is 221 Å². The van der Waals surface area contributed by atoms with E-state index < -0.39 is 15.0 Å². The molecule has 0 aliphatic heterocycles. The standard InChI is InChI=1S/C33H31NOP2/c1-35-29-24-22-28(23-25-29)26-34-37(32-18-10-4-11-19-32,33-20-12-5-13-21-33)27-36(30-14-6-2-7-15-30)31-16-8-3-9-17-31/h2-25H,26-27H2,1H3. The number of hydrogen-bond donors (Lipinski definition) is 0. The van der Waals surface area contributed by atoms with Crippen molar-refractivity contribution in [3.63, 3.8) is 0 Å². The molecular weight excluding hydrogens is 488 g/mol. The van der Waals surface area contributed by atoms with Crippen LogP contribution in [0.4, 0.5) is 0 Å². The first kappa shape index (κ1) is 25.2. The van der Waals surface area contributed by atoms with Crippen molar-refractivity contribution in [2.24, 2.45) is 4.74 Å². The van der Waals surface area contributed by atoms with E-state index in [-0.39, 0.29) is 0 Å². The summed E-state index contributed by atoms with van der Waals surface area (Å²) < 4.78 is 11.1. The van der Waals surface area contributed by atoms with E-state index in [9.17, 15) is 0 Å². The van der Waals surface area contributed by atoms with Gasteiger partial charge in [-0.2, -0.15) is 0 Å². The Kier molecular flexibility index (Phi) is 8.32. The van der Waals surface area contributed by atoms with Crippen molar-refractivity contribution in [1.82, 2.24) is 0 Å². The molecule has 184 valence electrons. The quantitative estimate of drug-likeness (QED) is 0.190. The van der Waals surface area contributed by atoms with Crippen molar-refractivity contribution >= 4 is 36.2 Å². The molecule has 0 saturated heterocycles. The van der Waals surface area contributed by atoms with Crippen LogP contribution in [-0.4, -0.2) is 13.0 Å². The molecule has 0 aliphatic rings. The molecule has 5 rings (SSSR count). The molecule has 0 aliphatic carbocycles. The smallest absolute Gasteiger partial charge is 0.118 e. The molecule has 0 unspecified atom stereocenters. The number of rotatable bonds is 9. The SMILES string of the molecule is COc1ccc(CN=P(CP(c2ccccc2)c2ccccc2)(c2ccccc2)c2ccccc2)cc1. The fourth-order valence-corrected chi connectivity index (χ4v) is 12.9. The largest absolute Gasteiger partial charge is 0.497 e. The van der Waals surface area contributed by atoms with E-state index in [2.05, 4.69) is 133 Å². The van der Waals surface area contributed by atoms with Gasteiger partial charge < -0.3 is 4.74 Å². The second kappa shape index (κ2) is 12.2. The average Bonchev–Trinajstić information content (AvgIpc) is 2.99. The van der Waals surface area contributed by atoms with E-state index in [0.29, 0.717) is 6.54 Å². The summed E-state index contributed by atoms with van der Waals surface area (Å²) in [7, 11) is -1.08. The molecular formula is C33H31NOP2. The minimum absolute atomic E-state index is 0.639. The second-order valence-corrected chi connectivity index (χ2v) is 14.7. The van der Waals surface area contributed by atoms with Gasteiger partial charge in [-0.05, 0) is 46.8 Å². The van der Waals surface area contributed by atoms with Gasteiger partial charge in [0.1, 0.15) is 5.75 Å². The molecule has 0 fully saturated rings. The summed E-state index contributed by atoms with van der Waals surface area (Å²) in [5.41, 5.74) is 1.20. The third kappa shape index (κ3) is 5.94. The van der Waals surface area contributed by atoms with Crippen LogP contribution in [0.15, 0.2) is 150 Å². The van der Waals surface area contributed by atoms with Gasteiger partial charge in [0, 0.05) is 13.0 Å². The van der Waals surface area contributed by atoms with E-state index in [1.165, 1.54) is 26.8 Å². The summed E-state index contributed by atoms with van der Waals surface area (Å²) in [6.45, 7) is 0.661. The first-order chi connectivity index (χ1) is 18.3. The van der Waals surface area contributed by atoms with E-state index >= 15 is 0 Å². The fourth-order valence-electron chi connectivity index (χ4n) is 4.54. The lowest BCUT2D eigenvalue weighted by atomic mass is 10.2. The van der Waals surface area contributed by atoms with Crippen LogP contribution in [0.5, 0.6) is 5.75 Å². The molecule has 0 heterocycles. The summed E-state index contributed by atoms with van der Waals surface area (Å²) >= 11 is 0. The molecule has 0 spiro atoms. The Morgan fingerprint density at radius 3 is 1.43 bits per heavy atom. The van der Waals surface area contributed by atoms with Crippen molar-refractivity contribution in [2.75, 3.05) is 13.0 Å². The van der Waals surface area contributed by atoms with Crippen molar-refractivity contribution in [1.29, 1.82) is 0 Å². The van der Waals surface area contributed by atoms with Gasteiger partial charge in [-0.1, -0.05) is 133 Å². The third-order valence-corrected chi connectivity index (χ3v) is 14.0. The minimum atomic E-state index is -2.15. The Bertz CT molecular complexity index is 1360. The van der Waals surface area contributed by atoms with Gasteiger partial charge in [0.05, 0.1) is 13.7 Å². The monoisotopic (exact) mass is 519 g/mol. The molecule has 2 nitrogen and oxygen atoms in total. The van der Waals surface area contributed by atoms with Crippen LogP contribution >= 0.6 is 15.0 Å². The van der Waals surface area contributed by atoms with E-state index in [1.807, 2.05) is 12.1 Å². The van der Waals surface area contributed by atoms with Gasteiger partial charge in [-0.25, -0.2) is 0 Å². The van der Waals surface area contributed by atoms with E-state index in [1.54, 1.807) is 7.11 Å². The Morgan fingerprint density at radius 2 is 1.00 bits per heavy atom. The highest BCUT2D eigenvalue weighted by atomic mass is 31.2. The molecule has 0 saturated carbocycles. The molecule has 5 aromatic rings. The first-order valence-electron chi connectivity index (χ1n) is 12.5. The molecule has 0 radical (unpaired) electrons. The molecule has 4 heteroatoms. The Morgan fingerprint density at radius 1 is 0.568 bits per heavy atom. The first-order valence-corrected chi connectivity index (χ1v) is 15.9. The van der Waals surface area contributed by atoms with Crippen LogP contribution in [0, 0.1) is 0 Å². The summed E-state index contributed by atoms with van der Waals surface area (Å²) in [6, 6.07) is 52.2. The van der Waals surface area contributed by atoms with Crippen LogP contribution in [0.2, 0.25) is 0 Å². The van der Waals surface area contributed by atoms with E-state index in [4.69, 9.17) is 9.48 Å². The van der Waals surface area contributed by atoms with Gasteiger partial charge in [0.25, 0.3) is 0 Å². The maximum atomic E-state index is 5.70. The van der Waals surface area contributed by atoms with Gasteiger partial charge in [-0.3, -0.25) is 4.74 Å². The number of ether oxygens (including phenoxy) is 1. The van der Waals surface area contributed by atoms with Crippen LogP contribution in [-0.2, 0) is 6.54 Å².